The second-order valence-electron chi connectivity index (χ2n) is 9.41. The molecule has 3 amide bonds. The van der Waals surface area contributed by atoms with E-state index in [0.717, 1.165) is 44.1 Å². The van der Waals surface area contributed by atoms with Crippen LogP contribution in [-0.4, -0.2) is 48.8 Å². The van der Waals surface area contributed by atoms with Crippen molar-refractivity contribution in [3.05, 3.63) is 71.3 Å². The van der Waals surface area contributed by atoms with Crippen molar-refractivity contribution in [1.29, 1.82) is 0 Å². The number of imide groups is 1. The summed E-state index contributed by atoms with van der Waals surface area (Å²) in [5.74, 6) is -0.784. The lowest BCUT2D eigenvalue weighted by Gasteiger charge is -2.21. The van der Waals surface area contributed by atoms with E-state index in [1.54, 1.807) is 11.9 Å². The quantitative estimate of drug-likeness (QED) is 0.310. The van der Waals surface area contributed by atoms with Crippen LogP contribution in [0.4, 0.5) is 0 Å². The molecule has 7 nitrogen and oxygen atoms in total. The molecule has 2 aromatic carbocycles. The summed E-state index contributed by atoms with van der Waals surface area (Å²) in [7, 11) is 1.68. The number of carbonyl (C=O) groups is 3. The molecule has 0 aromatic heterocycles. The smallest absolute Gasteiger partial charge is 0.239 e. The second-order valence-corrected chi connectivity index (χ2v) is 9.41. The van der Waals surface area contributed by atoms with Crippen molar-refractivity contribution in [2.75, 3.05) is 20.1 Å². The number of nitrogens with two attached hydrogens (primary N) is 2. The molecule has 2 rings (SSSR count). The lowest BCUT2D eigenvalue weighted by atomic mass is 10.0. The number of likely N-dealkylation sites (N-methyl/N-ethyl adjacent to an activating group) is 1. The zero-order chi connectivity index (χ0) is 26.2. The number of nitrogens with one attached hydrogen (secondary N) is 1. The van der Waals surface area contributed by atoms with Crippen LogP contribution in [0.3, 0.4) is 0 Å². The lowest BCUT2D eigenvalue weighted by molar-refractivity contribution is -0.133. The summed E-state index contributed by atoms with van der Waals surface area (Å²) in [4.78, 5) is 38.2. The van der Waals surface area contributed by atoms with Gasteiger partial charge in [0.15, 0.2) is 0 Å². The number of nitrogens with zero attached hydrogens (tertiary/aromatic N) is 1. The predicted octanol–water partition coefficient (Wildman–Crippen LogP) is 3.13. The van der Waals surface area contributed by atoms with Gasteiger partial charge >= 0.3 is 0 Å². The Hall–Kier alpha value is -3.03. The molecule has 0 saturated heterocycles. The molecule has 0 unspecified atom stereocenters. The molecular formula is C29H42N4O3. The predicted molar refractivity (Wildman–Crippen MR) is 144 cm³/mol. The molecule has 0 aliphatic rings. The number of aryl methyl sites for hydroxylation is 2. The van der Waals surface area contributed by atoms with E-state index in [4.69, 9.17) is 11.5 Å². The van der Waals surface area contributed by atoms with Crippen molar-refractivity contribution < 1.29 is 14.4 Å². The highest BCUT2D eigenvalue weighted by Crippen LogP contribution is 2.11. The fourth-order valence-corrected chi connectivity index (χ4v) is 4.08. The summed E-state index contributed by atoms with van der Waals surface area (Å²) in [6, 6.07) is 18.0. The van der Waals surface area contributed by atoms with Crippen LogP contribution in [0, 0.1) is 0 Å². The number of amides is 3. The fraction of sp³-hybridized carbons (Fsp3) is 0.483. The minimum absolute atomic E-state index is 0.136. The average molecular weight is 495 g/mol. The van der Waals surface area contributed by atoms with Gasteiger partial charge in [0, 0.05) is 20.0 Å². The number of benzene rings is 2. The Morgan fingerprint density at radius 3 is 2.06 bits per heavy atom. The molecule has 0 aliphatic carbocycles. The van der Waals surface area contributed by atoms with E-state index >= 15 is 0 Å². The summed E-state index contributed by atoms with van der Waals surface area (Å²) in [6.07, 6.45) is 7.42. The maximum Gasteiger partial charge on any atom is 0.239 e. The van der Waals surface area contributed by atoms with Gasteiger partial charge in [0.05, 0.1) is 12.5 Å². The molecule has 196 valence electrons. The Balaban J connectivity index is 1.61. The van der Waals surface area contributed by atoms with Gasteiger partial charge in [0.1, 0.15) is 0 Å². The van der Waals surface area contributed by atoms with Gasteiger partial charge in [-0.15, -0.1) is 0 Å². The summed E-state index contributed by atoms with van der Waals surface area (Å²) >= 11 is 0. The van der Waals surface area contributed by atoms with Crippen LogP contribution < -0.4 is 16.8 Å². The summed E-state index contributed by atoms with van der Waals surface area (Å²) < 4.78 is 0. The first-order chi connectivity index (χ1) is 17.4. The van der Waals surface area contributed by atoms with E-state index in [2.05, 4.69) is 41.7 Å². The third-order valence-electron chi connectivity index (χ3n) is 6.25. The largest absolute Gasteiger partial charge is 0.344 e. The van der Waals surface area contributed by atoms with Crippen molar-refractivity contribution in [2.45, 2.75) is 70.3 Å². The second kappa shape index (κ2) is 16.6. The van der Waals surface area contributed by atoms with E-state index in [1.807, 2.05) is 18.2 Å². The molecule has 36 heavy (non-hydrogen) atoms. The minimum atomic E-state index is -0.544. The highest BCUT2D eigenvalue weighted by molar-refractivity contribution is 5.96. The first-order valence-corrected chi connectivity index (χ1v) is 13.0. The van der Waals surface area contributed by atoms with Crippen molar-refractivity contribution in [2.24, 2.45) is 11.5 Å². The van der Waals surface area contributed by atoms with E-state index in [0.29, 0.717) is 25.9 Å². The zero-order valence-corrected chi connectivity index (χ0v) is 21.6. The third-order valence-corrected chi connectivity index (χ3v) is 6.25. The summed E-state index contributed by atoms with van der Waals surface area (Å²) in [5.41, 5.74) is 14.9. The highest BCUT2D eigenvalue weighted by Gasteiger charge is 2.18. The Kier molecular flexibility index (Phi) is 13.5. The molecular weight excluding hydrogens is 452 g/mol. The van der Waals surface area contributed by atoms with Gasteiger partial charge in [-0.1, -0.05) is 61.0 Å². The van der Waals surface area contributed by atoms with Gasteiger partial charge in [-0.05, 0) is 68.2 Å². The Labute approximate surface area is 215 Å². The van der Waals surface area contributed by atoms with Crippen LogP contribution in [0.25, 0.3) is 0 Å². The number of carbonyl (C=O) groups excluding carboxylic acids is 3. The number of unbranched alkanes of at least 4 members (excludes halogenated alkanes) is 2. The van der Waals surface area contributed by atoms with Gasteiger partial charge < -0.3 is 16.4 Å². The molecule has 7 heteroatoms. The van der Waals surface area contributed by atoms with Crippen LogP contribution in [0.5, 0.6) is 0 Å². The SMILES string of the molecule is CN(CCCC(=O)NC(=O)Cc1ccc(CCCCc2ccccc2)cc1)C(=O)[C@@H](N)CCCCN. The Morgan fingerprint density at radius 1 is 0.806 bits per heavy atom. The van der Waals surface area contributed by atoms with Crippen LogP contribution in [0.1, 0.15) is 61.6 Å². The molecule has 0 bridgehead atoms. The van der Waals surface area contributed by atoms with E-state index in [9.17, 15) is 14.4 Å². The molecule has 0 saturated carbocycles. The third kappa shape index (κ3) is 11.6. The van der Waals surface area contributed by atoms with Crippen LogP contribution in [0.2, 0.25) is 0 Å². The molecule has 0 aliphatic heterocycles. The number of rotatable bonds is 16. The topological polar surface area (TPSA) is 119 Å². The number of hydrogen-bond acceptors (Lipinski definition) is 5. The van der Waals surface area contributed by atoms with Crippen molar-refractivity contribution in [1.82, 2.24) is 10.2 Å². The highest BCUT2D eigenvalue weighted by atomic mass is 16.2. The normalized spacial score (nSPS) is 11.6. The fourth-order valence-electron chi connectivity index (χ4n) is 4.08. The van der Waals surface area contributed by atoms with E-state index in [1.165, 1.54) is 11.1 Å². The van der Waals surface area contributed by atoms with Gasteiger partial charge in [-0.2, -0.15) is 0 Å². The van der Waals surface area contributed by atoms with Gasteiger partial charge in [-0.3, -0.25) is 19.7 Å². The van der Waals surface area contributed by atoms with Gasteiger partial charge in [0.2, 0.25) is 17.7 Å². The first kappa shape index (κ1) is 29.2. The first-order valence-electron chi connectivity index (χ1n) is 13.0. The summed E-state index contributed by atoms with van der Waals surface area (Å²) in [5, 5.41) is 2.44. The standard InChI is InChI=1S/C29H42N4O3/c1-33(29(36)26(31)14-7-8-20-30)21-9-15-27(34)32-28(35)22-25-18-16-24(17-19-25)13-6-5-12-23-10-3-2-4-11-23/h2-4,10-11,16-19,26H,5-9,12-15,20-22,30-31H2,1H3,(H,32,34,35)/t26-/m0/s1. The van der Waals surface area contributed by atoms with Gasteiger partial charge in [-0.25, -0.2) is 0 Å². The molecule has 5 N–H and O–H groups in total. The molecule has 0 fully saturated rings. The van der Waals surface area contributed by atoms with Crippen LogP contribution in [-0.2, 0) is 33.6 Å². The maximum absolute atomic E-state index is 12.3. The van der Waals surface area contributed by atoms with Gasteiger partial charge in [0.25, 0.3) is 0 Å². The van der Waals surface area contributed by atoms with Crippen molar-refractivity contribution in [3.63, 3.8) is 0 Å². The zero-order valence-electron chi connectivity index (χ0n) is 21.6. The molecule has 2 aromatic rings. The molecule has 0 heterocycles. The van der Waals surface area contributed by atoms with E-state index in [-0.39, 0.29) is 30.6 Å². The summed E-state index contributed by atoms with van der Waals surface area (Å²) in [6.45, 7) is 1.00. The van der Waals surface area contributed by atoms with E-state index < -0.39 is 6.04 Å². The maximum atomic E-state index is 12.3. The number of hydrogen-bond donors (Lipinski definition) is 3. The van der Waals surface area contributed by atoms with Crippen molar-refractivity contribution >= 4 is 17.7 Å². The Morgan fingerprint density at radius 2 is 1.42 bits per heavy atom. The lowest BCUT2D eigenvalue weighted by Crippen LogP contribution is -2.42. The molecule has 1 atom stereocenters. The molecule has 0 radical (unpaired) electrons. The molecule has 0 spiro atoms. The average Bonchev–Trinajstić information content (AvgIpc) is 2.87. The monoisotopic (exact) mass is 494 g/mol. The van der Waals surface area contributed by atoms with Crippen LogP contribution in [0.15, 0.2) is 54.6 Å². The minimum Gasteiger partial charge on any atom is -0.344 e. The van der Waals surface area contributed by atoms with Crippen LogP contribution >= 0.6 is 0 Å². The van der Waals surface area contributed by atoms with Crippen molar-refractivity contribution in [3.8, 4) is 0 Å². The Bertz CT molecular complexity index is 931.